The molecule has 1 aromatic carbocycles. The van der Waals surface area contributed by atoms with Gasteiger partial charge in [-0.05, 0) is 30.5 Å². The van der Waals surface area contributed by atoms with E-state index >= 15 is 0 Å². The number of aromatic nitrogens is 2. The fraction of sp³-hybridized carbons (Fsp3) is 0.438. The number of hydrogen-bond acceptors (Lipinski definition) is 6. The van der Waals surface area contributed by atoms with Gasteiger partial charge in [-0.1, -0.05) is 66.2 Å². The Kier molecular flexibility index (Phi) is 7.81. The summed E-state index contributed by atoms with van der Waals surface area (Å²) in [7, 11) is 0. The van der Waals surface area contributed by atoms with E-state index in [1.54, 1.807) is 12.1 Å². The zero-order valence-corrected chi connectivity index (χ0v) is 17.3. The van der Waals surface area contributed by atoms with Gasteiger partial charge in [0.05, 0.1) is 11.8 Å². The first kappa shape index (κ1) is 20.3. The third-order valence-electron chi connectivity index (χ3n) is 3.20. The van der Waals surface area contributed by atoms with Gasteiger partial charge < -0.3 is 10.6 Å². The molecule has 25 heavy (non-hydrogen) atoms. The molecule has 0 saturated heterocycles. The van der Waals surface area contributed by atoms with Crippen LogP contribution in [0.2, 0.25) is 10.0 Å². The van der Waals surface area contributed by atoms with Crippen molar-refractivity contribution in [3.8, 4) is 0 Å². The van der Waals surface area contributed by atoms with E-state index in [2.05, 4.69) is 34.7 Å². The molecule has 1 atom stereocenters. The number of benzene rings is 1. The van der Waals surface area contributed by atoms with Crippen LogP contribution in [0.4, 0.5) is 5.13 Å². The van der Waals surface area contributed by atoms with E-state index in [0.717, 1.165) is 21.6 Å². The molecular weight excluding hydrogens is 399 g/mol. The molecule has 0 saturated carbocycles. The number of thioether (sulfide) groups is 1. The van der Waals surface area contributed by atoms with E-state index in [4.69, 9.17) is 23.2 Å². The van der Waals surface area contributed by atoms with Crippen molar-refractivity contribution in [1.82, 2.24) is 15.5 Å². The number of nitrogens with one attached hydrogen (secondary N) is 2. The summed E-state index contributed by atoms with van der Waals surface area (Å²) in [5.41, 5.74) is 0.834. The number of rotatable bonds is 8. The summed E-state index contributed by atoms with van der Waals surface area (Å²) >= 11 is 14.9. The van der Waals surface area contributed by atoms with Crippen molar-refractivity contribution in [2.75, 3.05) is 17.6 Å². The van der Waals surface area contributed by atoms with E-state index in [1.807, 2.05) is 13.0 Å². The Morgan fingerprint density at radius 3 is 2.72 bits per heavy atom. The third kappa shape index (κ3) is 6.66. The topological polar surface area (TPSA) is 66.9 Å². The van der Waals surface area contributed by atoms with E-state index in [9.17, 15) is 4.79 Å². The second-order valence-corrected chi connectivity index (χ2v) is 8.94. The summed E-state index contributed by atoms with van der Waals surface area (Å²) < 4.78 is 0.763. The molecule has 0 bridgehead atoms. The fourth-order valence-electron chi connectivity index (χ4n) is 1.97. The molecule has 2 N–H and O–H groups in total. The normalized spacial score (nSPS) is 12.2. The summed E-state index contributed by atoms with van der Waals surface area (Å²) in [5.74, 6) is 0.719. The Hall–Kier alpha value is -1.02. The van der Waals surface area contributed by atoms with Crippen LogP contribution in [-0.4, -0.2) is 28.4 Å². The van der Waals surface area contributed by atoms with Crippen LogP contribution in [0.1, 0.15) is 32.4 Å². The smallest absolute Gasteiger partial charge is 0.230 e. The van der Waals surface area contributed by atoms with Crippen molar-refractivity contribution in [2.24, 2.45) is 5.92 Å². The molecule has 0 aliphatic heterocycles. The van der Waals surface area contributed by atoms with Gasteiger partial charge in [-0.2, -0.15) is 0 Å². The van der Waals surface area contributed by atoms with Crippen molar-refractivity contribution in [3.05, 3.63) is 33.8 Å². The quantitative estimate of drug-likeness (QED) is 0.597. The van der Waals surface area contributed by atoms with Gasteiger partial charge >= 0.3 is 0 Å². The molecule has 1 aromatic heterocycles. The zero-order chi connectivity index (χ0) is 18.4. The number of carbonyl (C=O) groups is 1. The largest absolute Gasteiger partial charge is 0.360 e. The summed E-state index contributed by atoms with van der Waals surface area (Å²) in [6.45, 7) is 6.99. The Labute approximate surface area is 165 Å². The molecule has 1 amide bonds. The van der Waals surface area contributed by atoms with Gasteiger partial charge in [0.2, 0.25) is 11.0 Å². The van der Waals surface area contributed by atoms with Crippen LogP contribution >= 0.6 is 46.3 Å². The minimum absolute atomic E-state index is 0.0876. The molecule has 0 unspecified atom stereocenters. The molecule has 2 aromatic rings. The summed E-state index contributed by atoms with van der Waals surface area (Å²) in [4.78, 5) is 12.1. The lowest BCUT2D eigenvalue weighted by molar-refractivity contribution is -0.119. The standard InChI is InChI=1S/C16H20Cl2N4OS2/c1-9(2)7-19-15-21-22-16(25-15)24-8-14(23)20-10(3)12-5-4-11(17)6-13(12)18/h4-6,9-10H,7-8H2,1-3H3,(H,19,21)(H,20,23)/t10-/m1/s1. The number of halogens is 2. The van der Waals surface area contributed by atoms with E-state index in [0.29, 0.717) is 16.0 Å². The predicted molar refractivity (Wildman–Crippen MR) is 107 cm³/mol. The first-order valence-corrected chi connectivity index (χ1v) is 10.4. The summed E-state index contributed by atoms with van der Waals surface area (Å²) in [6, 6.07) is 5.05. The lowest BCUT2D eigenvalue weighted by atomic mass is 10.1. The molecule has 0 radical (unpaired) electrons. The molecule has 0 aliphatic carbocycles. The monoisotopic (exact) mass is 418 g/mol. The SMILES string of the molecule is CC(C)CNc1nnc(SCC(=O)N[C@H](C)c2ccc(Cl)cc2Cl)s1. The molecule has 1 heterocycles. The van der Waals surface area contributed by atoms with Crippen LogP contribution in [0, 0.1) is 5.92 Å². The van der Waals surface area contributed by atoms with E-state index in [-0.39, 0.29) is 17.7 Å². The summed E-state index contributed by atoms with van der Waals surface area (Å²) in [5, 5.41) is 16.2. The number of amides is 1. The van der Waals surface area contributed by atoms with Crippen molar-refractivity contribution < 1.29 is 4.79 Å². The highest BCUT2D eigenvalue weighted by atomic mass is 35.5. The third-order valence-corrected chi connectivity index (χ3v) is 5.78. The zero-order valence-electron chi connectivity index (χ0n) is 14.2. The van der Waals surface area contributed by atoms with Gasteiger partial charge in [-0.25, -0.2) is 0 Å². The van der Waals surface area contributed by atoms with Gasteiger partial charge in [0.15, 0.2) is 4.34 Å². The van der Waals surface area contributed by atoms with Crippen molar-refractivity contribution >= 4 is 57.3 Å². The maximum absolute atomic E-state index is 12.1. The number of carbonyl (C=O) groups excluding carboxylic acids is 1. The highest BCUT2D eigenvalue weighted by molar-refractivity contribution is 8.01. The molecular formula is C16H20Cl2N4OS2. The van der Waals surface area contributed by atoms with Crippen LogP contribution in [0.5, 0.6) is 0 Å². The second-order valence-electron chi connectivity index (χ2n) is 5.89. The minimum atomic E-state index is -0.199. The Bertz CT molecular complexity index is 724. The van der Waals surface area contributed by atoms with Gasteiger partial charge in [0.1, 0.15) is 0 Å². The second kappa shape index (κ2) is 9.62. The van der Waals surface area contributed by atoms with Crippen LogP contribution in [-0.2, 0) is 4.79 Å². The molecule has 2 rings (SSSR count). The Morgan fingerprint density at radius 2 is 2.04 bits per heavy atom. The number of hydrogen-bond donors (Lipinski definition) is 2. The number of anilines is 1. The Morgan fingerprint density at radius 1 is 1.28 bits per heavy atom. The lowest BCUT2D eigenvalue weighted by Gasteiger charge is -2.15. The van der Waals surface area contributed by atoms with Gasteiger partial charge in [-0.15, -0.1) is 10.2 Å². The fourth-order valence-corrected chi connectivity index (χ4v) is 4.11. The molecule has 0 spiro atoms. The van der Waals surface area contributed by atoms with Crippen LogP contribution < -0.4 is 10.6 Å². The van der Waals surface area contributed by atoms with Crippen LogP contribution in [0.25, 0.3) is 0 Å². The predicted octanol–water partition coefficient (Wildman–Crippen LogP) is 4.88. The minimum Gasteiger partial charge on any atom is -0.360 e. The molecule has 0 aliphatic rings. The lowest BCUT2D eigenvalue weighted by Crippen LogP contribution is -2.28. The van der Waals surface area contributed by atoms with Crippen molar-refractivity contribution in [3.63, 3.8) is 0 Å². The molecule has 0 fully saturated rings. The van der Waals surface area contributed by atoms with Crippen molar-refractivity contribution in [1.29, 1.82) is 0 Å². The molecule has 5 nitrogen and oxygen atoms in total. The first-order chi connectivity index (χ1) is 11.8. The number of nitrogens with zero attached hydrogens (tertiary/aromatic N) is 2. The van der Waals surface area contributed by atoms with Gasteiger partial charge in [-0.3, -0.25) is 4.79 Å². The van der Waals surface area contributed by atoms with Crippen LogP contribution in [0.15, 0.2) is 22.5 Å². The van der Waals surface area contributed by atoms with Crippen LogP contribution in [0.3, 0.4) is 0 Å². The first-order valence-electron chi connectivity index (χ1n) is 7.79. The Balaban J connectivity index is 1.82. The molecule has 9 heteroatoms. The molecule has 136 valence electrons. The highest BCUT2D eigenvalue weighted by Gasteiger charge is 2.14. The van der Waals surface area contributed by atoms with E-state index in [1.165, 1.54) is 23.1 Å². The van der Waals surface area contributed by atoms with E-state index < -0.39 is 0 Å². The average molecular weight is 419 g/mol. The average Bonchev–Trinajstić information content (AvgIpc) is 2.98. The summed E-state index contributed by atoms with van der Waals surface area (Å²) in [6.07, 6.45) is 0. The highest BCUT2D eigenvalue weighted by Crippen LogP contribution is 2.27. The van der Waals surface area contributed by atoms with Gasteiger partial charge in [0, 0.05) is 16.6 Å². The van der Waals surface area contributed by atoms with Crippen molar-refractivity contribution in [2.45, 2.75) is 31.2 Å². The maximum Gasteiger partial charge on any atom is 0.230 e. The van der Waals surface area contributed by atoms with Gasteiger partial charge in [0.25, 0.3) is 0 Å². The maximum atomic E-state index is 12.1.